The second-order valence-corrected chi connectivity index (χ2v) is 5.44. The maximum Gasteiger partial charge on any atom is 0.329 e. The highest BCUT2D eigenvalue weighted by molar-refractivity contribution is 7.80. The number of esters is 1. The first kappa shape index (κ1) is 15.9. The number of likely N-dealkylation sites (tertiary alicyclic amines) is 1. The van der Waals surface area contributed by atoms with Crippen molar-refractivity contribution in [2.45, 2.75) is 31.5 Å². The number of carbonyl (C=O) groups is 2. The van der Waals surface area contributed by atoms with Gasteiger partial charge in [-0.1, -0.05) is 30.3 Å². The molecular formula is C15H20N2O3S. The first-order valence-corrected chi connectivity index (χ1v) is 7.64. The smallest absolute Gasteiger partial charge is 0.329 e. The molecule has 2 atom stereocenters. The fraction of sp³-hybridized carbons (Fsp3) is 0.467. The van der Waals surface area contributed by atoms with Gasteiger partial charge in [0.15, 0.2) is 0 Å². The van der Waals surface area contributed by atoms with Crippen molar-refractivity contribution >= 4 is 24.5 Å². The Kier molecular flexibility index (Phi) is 5.64. The number of ether oxygens (including phenoxy) is 1. The zero-order valence-corrected chi connectivity index (χ0v) is 12.7. The first-order valence-electron chi connectivity index (χ1n) is 7.01. The molecule has 0 saturated carbocycles. The first-order chi connectivity index (χ1) is 10.1. The van der Waals surface area contributed by atoms with Crippen LogP contribution >= 0.6 is 12.6 Å². The number of rotatable bonds is 5. The van der Waals surface area contributed by atoms with Crippen molar-refractivity contribution in [3.05, 3.63) is 35.9 Å². The number of nitrogens with zero attached hydrogens (tertiary/aromatic N) is 1. The van der Waals surface area contributed by atoms with E-state index in [1.165, 1.54) is 4.90 Å². The van der Waals surface area contributed by atoms with Gasteiger partial charge in [-0.25, -0.2) is 4.79 Å². The summed E-state index contributed by atoms with van der Waals surface area (Å²) in [5, 5.41) is 0. The quantitative estimate of drug-likeness (QED) is 0.628. The Morgan fingerprint density at radius 3 is 2.76 bits per heavy atom. The van der Waals surface area contributed by atoms with Crippen LogP contribution in [0.4, 0.5) is 0 Å². The van der Waals surface area contributed by atoms with Crippen molar-refractivity contribution in [3.63, 3.8) is 0 Å². The maximum absolute atomic E-state index is 12.2. The van der Waals surface area contributed by atoms with E-state index >= 15 is 0 Å². The van der Waals surface area contributed by atoms with Crippen molar-refractivity contribution < 1.29 is 14.3 Å². The molecule has 0 bridgehead atoms. The van der Waals surface area contributed by atoms with Crippen LogP contribution in [-0.2, 0) is 20.9 Å². The number of amides is 1. The Bertz CT molecular complexity index is 495. The molecule has 1 heterocycles. The molecule has 6 heteroatoms. The van der Waals surface area contributed by atoms with Crippen LogP contribution in [0, 0.1) is 0 Å². The maximum atomic E-state index is 12.2. The van der Waals surface area contributed by atoms with Crippen molar-refractivity contribution in [1.29, 1.82) is 0 Å². The lowest BCUT2D eigenvalue weighted by Crippen LogP contribution is -2.49. The Balaban J connectivity index is 1.93. The molecule has 2 N–H and O–H groups in total. The summed E-state index contributed by atoms with van der Waals surface area (Å²) in [4.78, 5) is 25.8. The van der Waals surface area contributed by atoms with Gasteiger partial charge in [-0.2, -0.15) is 12.6 Å². The molecule has 1 fully saturated rings. The van der Waals surface area contributed by atoms with E-state index in [1.54, 1.807) is 0 Å². The van der Waals surface area contributed by atoms with Gasteiger partial charge < -0.3 is 15.4 Å². The van der Waals surface area contributed by atoms with Crippen molar-refractivity contribution in [3.8, 4) is 0 Å². The zero-order valence-electron chi connectivity index (χ0n) is 11.8. The van der Waals surface area contributed by atoms with Crippen molar-refractivity contribution in [1.82, 2.24) is 4.90 Å². The zero-order chi connectivity index (χ0) is 15.2. The summed E-state index contributed by atoms with van der Waals surface area (Å²) in [6.07, 6.45) is 1.41. The van der Waals surface area contributed by atoms with Gasteiger partial charge in [-0.15, -0.1) is 0 Å². The number of benzene rings is 1. The summed E-state index contributed by atoms with van der Waals surface area (Å²) >= 11 is 4.03. The van der Waals surface area contributed by atoms with E-state index in [4.69, 9.17) is 10.5 Å². The molecule has 0 radical (unpaired) electrons. The van der Waals surface area contributed by atoms with Crippen LogP contribution in [0.15, 0.2) is 30.3 Å². The number of carbonyl (C=O) groups excluding carboxylic acids is 2. The Morgan fingerprint density at radius 1 is 1.38 bits per heavy atom. The average molecular weight is 308 g/mol. The van der Waals surface area contributed by atoms with Crippen LogP contribution in [-0.4, -0.2) is 41.2 Å². The highest BCUT2D eigenvalue weighted by Gasteiger charge is 2.36. The van der Waals surface area contributed by atoms with Gasteiger partial charge in [0.1, 0.15) is 12.6 Å². The number of thiol groups is 1. The molecule has 114 valence electrons. The van der Waals surface area contributed by atoms with Gasteiger partial charge in [-0.05, 0) is 18.4 Å². The number of hydrogen-bond acceptors (Lipinski definition) is 5. The van der Waals surface area contributed by atoms with Gasteiger partial charge in [0.2, 0.25) is 5.91 Å². The van der Waals surface area contributed by atoms with E-state index in [9.17, 15) is 9.59 Å². The molecule has 1 saturated heterocycles. The normalized spacial score (nSPS) is 19.3. The van der Waals surface area contributed by atoms with Crippen molar-refractivity contribution in [2.75, 3.05) is 12.3 Å². The molecule has 1 aliphatic heterocycles. The van der Waals surface area contributed by atoms with Crippen LogP contribution in [0.3, 0.4) is 0 Å². The van der Waals surface area contributed by atoms with Crippen LogP contribution in [0.5, 0.6) is 0 Å². The Morgan fingerprint density at radius 2 is 2.10 bits per heavy atom. The molecule has 1 aromatic rings. The van der Waals surface area contributed by atoms with Crippen LogP contribution in [0.2, 0.25) is 0 Å². The molecule has 1 aromatic carbocycles. The molecule has 0 unspecified atom stereocenters. The monoisotopic (exact) mass is 308 g/mol. The summed E-state index contributed by atoms with van der Waals surface area (Å²) in [6.45, 7) is 0.766. The summed E-state index contributed by atoms with van der Waals surface area (Å²) in [5.74, 6) is -0.332. The van der Waals surface area contributed by atoms with E-state index < -0.39 is 12.1 Å². The molecule has 0 spiro atoms. The van der Waals surface area contributed by atoms with E-state index in [0.717, 1.165) is 12.0 Å². The summed E-state index contributed by atoms with van der Waals surface area (Å²) in [5.41, 5.74) is 6.63. The minimum atomic E-state index is -0.671. The minimum Gasteiger partial charge on any atom is -0.459 e. The lowest BCUT2D eigenvalue weighted by molar-refractivity contribution is -0.154. The van der Waals surface area contributed by atoms with Gasteiger partial charge >= 0.3 is 5.97 Å². The summed E-state index contributed by atoms with van der Waals surface area (Å²) in [6, 6.07) is 8.27. The predicted molar refractivity (Wildman–Crippen MR) is 82.8 cm³/mol. The third-order valence-electron chi connectivity index (χ3n) is 3.55. The third-order valence-corrected chi connectivity index (χ3v) is 3.94. The van der Waals surface area contributed by atoms with Crippen LogP contribution in [0.25, 0.3) is 0 Å². The minimum absolute atomic E-state index is 0.219. The molecular weight excluding hydrogens is 288 g/mol. The van der Waals surface area contributed by atoms with E-state index in [1.807, 2.05) is 30.3 Å². The van der Waals surface area contributed by atoms with Crippen LogP contribution in [0.1, 0.15) is 18.4 Å². The molecule has 1 aliphatic rings. The fourth-order valence-electron chi connectivity index (χ4n) is 2.39. The van der Waals surface area contributed by atoms with Crippen LogP contribution < -0.4 is 5.73 Å². The predicted octanol–water partition coefficient (Wildman–Crippen LogP) is 0.978. The van der Waals surface area contributed by atoms with Crippen molar-refractivity contribution in [2.24, 2.45) is 5.73 Å². The molecule has 1 amide bonds. The largest absolute Gasteiger partial charge is 0.459 e. The molecule has 21 heavy (non-hydrogen) atoms. The van der Waals surface area contributed by atoms with E-state index in [0.29, 0.717) is 13.0 Å². The SMILES string of the molecule is N[C@@H](CS)C(=O)N1CCC[C@H]1C(=O)OCc1ccccc1. The second-order valence-electron chi connectivity index (χ2n) is 5.07. The van der Waals surface area contributed by atoms with E-state index in [-0.39, 0.29) is 24.2 Å². The molecule has 5 nitrogen and oxygen atoms in total. The topological polar surface area (TPSA) is 72.6 Å². The number of hydrogen-bond donors (Lipinski definition) is 2. The van der Waals surface area contributed by atoms with Gasteiger partial charge in [0.05, 0.1) is 6.04 Å². The number of nitrogens with two attached hydrogens (primary N) is 1. The third kappa shape index (κ3) is 3.98. The Hall–Kier alpha value is -1.53. The lowest BCUT2D eigenvalue weighted by atomic mass is 10.2. The fourth-order valence-corrected chi connectivity index (χ4v) is 2.55. The van der Waals surface area contributed by atoms with E-state index in [2.05, 4.69) is 12.6 Å². The summed E-state index contributed by atoms with van der Waals surface area (Å²) < 4.78 is 5.31. The second kappa shape index (κ2) is 7.47. The molecule has 2 rings (SSSR count). The van der Waals surface area contributed by atoms with Gasteiger partial charge in [0, 0.05) is 12.3 Å². The molecule has 0 aliphatic carbocycles. The Labute approximate surface area is 129 Å². The summed E-state index contributed by atoms with van der Waals surface area (Å²) in [7, 11) is 0. The highest BCUT2D eigenvalue weighted by atomic mass is 32.1. The average Bonchev–Trinajstić information content (AvgIpc) is 3.01. The molecule has 0 aromatic heterocycles. The van der Waals surface area contributed by atoms with Gasteiger partial charge in [-0.3, -0.25) is 4.79 Å². The standard InChI is InChI=1S/C15H20N2O3S/c16-12(10-21)14(18)17-8-4-7-13(17)15(19)20-9-11-5-2-1-3-6-11/h1-3,5-6,12-13,21H,4,7-10,16H2/t12-,13-/m0/s1. The van der Waals surface area contributed by atoms with Gasteiger partial charge in [0.25, 0.3) is 0 Å². The highest BCUT2D eigenvalue weighted by Crippen LogP contribution is 2.20. The lowest BCUT2D eigenvalue weighted by Gasteiger charge is -2.25.